The van der Waals surface area contributed by atoms with Gasteiger partial charge in [-0.2, -0.15) is 31.3 Å². The lowest BCUT2D eigenvalue weighted by atomic mass is 9.99. The molecule has 1 nitrogen and oxygen atoms in total. The molecule has 26 heavy (non-hydrogen) atoms. The lowest BCUT2D eigenvalue weighted by Crippen LogP contribution is -2.13. The fraction of sp³-hybridized carbons (Fsp3) is 0.188. The Bertz CT molecular complexity index is 719. The van der Waals surface area contributed by atoms with Crippen molar-refractivity contribution in [2.75, 3.05) is 0 Å². The van der Waals surface area contributed by atoms with E-state index in [9.17, 15) is 39.5 Å². The van der Waals surface area contributed by atoms with Crippen molar-refractivity contribution in [1.82, 2.24) is 0 Å². The molecule has 0 saturated heterocycles. The number of hydrogen-bond acceptors (Lipinski definition) is 1. The number of halogens is 9. The first-order valence-electron chi connectivity index (χ1n) is 6.79. The van der Waals surface area contributed by atoms with Crippen molar-refractivity contribution in [3.05, 3.63) is 70.8 Å². The Labute approximate surface area is 140 Å². The minimum absolute atomic E-state index is 0.324. The van der Waals surface area contributed by atoms with Gasteiger partial charge in [0.1, 0.15) is 0 Å². The molecule has 0 radical (unpaired) electrons. The van der Waals surface area contributed by atoms with E-state index in [1.54, 1.807) is 0 Å². The predicted molar refractivity (Wildman–Crippen MR) is 74.6 cm³/mol. The van der Waals surface area contributed by atoms with E-state index in [0.29, 0.717) is 24.3 Å². The number of rotatable bonds is 2. The molecular weight excluding hydrogens is 377 g/mol. The molecule has 0 aromatic heterocycles. The zero-order valence-corrected chi connectivity index (χ0v) is 12.5. The van der Waals surface area contributed by atoms with Gasteiger partial charge in [0, 0.05) is 11.1 Å². The molecule has 0 heterocycles. The highest BCUT2D eigenvalue weighted by Crippen LogP contribution is 2.31. The van der Waals surface area contributed by atoms with Gasteiger partial charge in [-0.1, -0.05) is 24.3 Å². The van der Waals surface area contributed by atoms with Crippen LogP contribution in [-0.2, 0) is 12.4 Å². The second-order valence-corrected chi connectivity index (χ2v) is 5.08. The summed E-state index contributed by atoms with van der Waals surface area (Å²) in [4.78, 5) is 2.49. The smallest absolute Gasteiger partial charge is 0.183 e. The first-order valence-corrected chi connectivity index (χ1v) is 6.79. The Hall–Kier alpha value is -2.52. The molecule has 0 saturated carbocycles. The average Bonchev–Trinajstić information content (AvgIpc) is 2.50. The van der Waals surface area contributed by atoms with Crippen molar-refractivity contribution in [3.63, 3.8) is 0 Å². The van der Waals surface area contributed by atoms with E-state index in [2.05, 4.69) is 4.99 Å². The van der Waals surface area contributed by atoms with Crippen molar-refractivity contribution >= 4 is 5.71 Å². The van der Waals surface area contributed by atoms with Gasteiger partial charge in [-0.25, -0.2) is 0 Å². The zero-order valence-electron chi connectivity index (χ0n) is 12.5. The number of hydrogen-bond donors (Lipinski definition) is 0. The van der Waals surface area contributed by atoms with Crippen LogP contribution in [0.2, 0.25) is 0 Å². The molecule has 2 aromatic carbocycles. The summed E-state index contributed by atoms with van der Waals surface area (Å²) in [6.45, 7) is 0. The third kappa shape index (κ3) is 4.99. The van der Waals surface area contributed by atoms with E-state index in [-0.39, 0.29) is 11.1 Å². The molecule has 0 fully saturated rings. The van der Waals surface area contributed by atoms with Crippen molar-refractivity contribution in [2.24, 2.45) is 4.99 Å². The van der Waals surface area contributed by atoms with E-state index in [1.807, 2.05) is 0 Å². The quantitative estimate of drug-likeness (QED) is 0.338. The maximum Gasteiger partial charge on any atom is 0.503 e. The first-order chi connectivity index (χ1) is 11.8. The fourth-order valence-electron chi connectivity index (χ4n) is 2.06. The van der Waals surface area contributed by atoms with Crippen LogP contribution in [0, 0.1) is 0 Å². The van der Waals surface area contributed by atoms with Gasteiger partial charge >= 0.3 is 18.7 Å². The van der Waals surface area contributed by atoms with Crippen LogP contribution in [0.3, 0.4) is 0 Å². The van der Waals surface area contributed by atoms with E-state index >= 15 is 0 Å². The molecule has 0 aliphatic heterocycles. The van der Waals surface area contributed by atoms with E-state index in [4.69, 9.17) is 0 Å². The summed E-state index contributed by atoms with van der Waals surface area (Å²) in [7, 11) is 0. The van der Waals surface area contributed by atoms with Crippen molar-refractivity contribution < 1.29 is 39.5 Å². The van der Waals surface area contributed by atoms with Crippen LogP contribution in [0.1, 0.15) is 22.3 Å². The Morgan fingerprint density at radius 1 is 0.538 bits per heavy atom. The van der Waals surface area contributed by atoms with Crippen LogP contribution in [-0.4, -0.2) is 12.0 Å². The molecule has 2 rings (SSSR count). The van der Waals surface area contributed by atoms with Crippen LogP contribution < -0.4 is 0 Å². The van der Waals surface area contributed by atoms with Crippen molar-refractivity contribution in [3.8, 4) is 0 Å². The average molecular weight is 385 g/mol. The minimum Gasteiger partial charge on any atom is -0.183 e. The molecule has 0 unspecified atom stereocenters. The van der Waals surface area contributed by atoms with Gasteiger partial charge in [0.25, 0.3) is 0 Å². The highest BCUT2D eigenvalue weighted by Gasteiger charge is 2.32. The second-order valence-electron chi connectivity index (χ2n) is 5.08. The van der Waals surface area contributed by atoms with Gasteiger partial charge in [-0.3, -0.25) is 0 Å². The first kappa shape index (κ1) is 19.8. The minimum atomic E-state index is -5.07. The normalized spacial score (nSPS) is 12.8. The topological polar surface area (TPSA) is 12.4 Å². The molecule has 0 amide bonds. The number of alkyl halides is 9. The standard InChI is InChI=1S/C16H8F9N/c17-14(18,19)11-5-1-9(2-6-11)13(26-16(23,24)25)10-3-7-12(8-4-10)15(20,21)22/h1-8H. The van der Waals surface area contributed by atoms with Crippen LogP contribution in [0.25, 0.3) is 0 Å². The molecule has 140 valence electrons. The SMILES string of the molecule is FC(F)(F)N=C(c1ccc(C(F)(F)F)cc1)c1ccc(C(F)(F)F)cc1. The molecule has 0 aliphatic rings. The third-order valence-corrected chi connectivity index (χ3v) is 3.21. The highest BCUT2D eigenvalue weighted by atomic mass is 19.4. The lowest BCUT2D eigenvalue weighted by molar-refractivity contribution is -0.138. The van der Waals surface area contributed by atoms with Gasteiger partial charge in [0.05, 0.1) is 16.8 Å². The van der Waals surface area contributed by atoms with Crippen LogP contribution >= 0.6 is 0 Å². The third-order valence-electron chi connectivity index (χ3n) is 3.21. The van der Waals surface area contributed by atoms with Gasteiger partial charge in [-0.05, 0) is 24.3 Å². The monoisotopic (exact) mass is 385 g/mol. The molecule has 0 aliphatic carbocycles. The zero-order chi connectivity index (χ0) is 19.8. The summed E-state index contributed by atoms with van der Waals surface area (Å²) in [6.07, 6.45) is -14.4. The van der Waals surface area contributed by atoms with Gasteiger partial charge in [-0.15, -0.1) is 13.2 Å². The summed E-state index contributed by atoms with van der Waals surface area (Å²) in [5, 5.41) is 0. The second kappa shape index (κ2) is 6.65. The Balaban J connectivity index is 2.50. The molecule has 0 bridgehead atoms. The van der Waals surface area contributed by atoms with Crippen LogP contribution in [0.4, 0.5) is 39.5 Å². The summed E-state index contributed by atoms with van der Waals surface area (Å²) >= 11 is 0. The molecular formula is C16H8F9N. The molecule has 10 heteroatoms. The molecule has 0 atom stereocenters. The van der Waals surface area contributed by atoms with Gasteiger partial charge in [0.15, 0.2) is 0 Å². The maximum absolute atomic E-state index is 12.7. The summed E-state index contributed by atoms with van der Waals surface area (Å²) in [6, 6.07) is 5.32. The highest BCUT2D eigenvalue weighted by molar-refractivity contribution is 6.13. The van der Waals surface area contributed by atoms with Gasteiger partial charge in [0.2, 0.25) is 0 Å². The molecule has 2 aromatic rings. The van der Waals surface area contributed by atoms with Gasteiger partial charge < -0.3 is 0 Å². The van der Waals surface area contributed by atoms with Crippen molar-refractivity contribution in [2.45, 2.75) is 18.7 Å². The molecule has 0 spiro atoms. The lowest BCUT2D eigenvalue weighted by Gasteiger charge is -2.12. The fourth-order valence-corrected chi connectivity index (χ4v) is 2.06. The Morgan fingerprint density at radius 3 is 1.08 bits per heavy atom. The summed E-state index contributed by atoms with van der Waals surface area (Å²) < 4.78 is 113. The van der Waals surface area contributed by atoms with Crippen LogP contribution in [0.5, 0.6) is 0 Å². The van der Waals surface area contributed by atoms with E-state index < -0.39 is 35.5 Å². The van der Waals surface area contributed by atoms with Crippen LogP contribution in [0.15, 0.2) is 53.5 Å². The number of nitrogens with zero attached hydrogens (tertiary/aromatic N) is 1. The summed E-state index contributed by atoms with van der Waals surface area (Å²) in [5.41, 5.74) is -3.61. The maximum atomic E-state index is 12.7. The van der Waals surface area contributed by atoms with E-state index in [0.717, 1.165) is 24.3 Å². The van der Waals surface area contributed by atoms with E-state index in [1.165, 1.54) is 0 Å². The Morgan fingerprint density at radius 2 is 0.846 bits per heavy atom. The summed E-state index contributed by atoms with van der Waals surface area (Å²) in [5.74, 6) is 0. The van der Waals surface area contributed by atoms with Crippen molar-refractivity contribution in [1.29, 1.82) is 0 Å². The number of aliphatic imine (C=N–C) groups is 1. The number of benzene rings is 2. The predicted octanol–water partition coefficient (Wildman–Crippen LogP) is 6.08. The Kier molecular flexibility index (Phi) is 5.07. The largest absolute Gasteiger partial charge is 0.503 e. The molecule has 0 N–H and O–H groups in total.